The number of amides is 1. The van der Waals surface area contributed by atoms with Crippen molar-refractivity contribution >= 4 is 6.09 Å². The lowest BCUT2D eigenvalue weighted by atomic mass is 9.73. The van der Waals surface area contributed by atoms with Crippen molar-refractivity contribution in [1.82, 2.24) is 4.90 Å². The molecule has 0 unspecified atom stereocenters. The summed E-state index contributed by atoms with van der Waals surface area (Å²) >= 11 is 0. The van der Waals surface area contributed by atoms with Crippen LogP contribution in [0.4, 0.5) is 4.79 Å². The third kappa shape index (κ3) is 4.11. The van der Waals surface area contributed by atoms with Gasteiger partial charge in [-0.05, 0) is 58.3 Å². The molecule has 1 amide bonds. The van der Waals surface area contributed by atoms with E-state index in [1.807, 2.05) is 25.7 Å². The lowest BCUT2D eigenvalue weighted by Crippen LogP contribution is -2.46. The average molecular weight is 282 g/mol. The summed E-state index contributed by atoms with van der Waals surface area (Å²) in [6.45, 7) is 7.39. The van der Waals surface area contributed by atoms with Crippen LogP contribution in [0.25, 0.3) is 0 Å². The summed E-state index contributed by atoms with van der Waals surface area (Å²) in [4.78, 5) is 13.9. The number of likely N-dealkylation sites (tertiary alicyclic amines) is 1. The quantitative estimate of drug-likeness (QED) is 0.803. The van der Waals surface area contributed by atoms with Crippen LogP contribution in [0.5, 0.6) is 0 Å². The van der Waals surface area contributed by atoms with Crippen LogP contribution in [0.15, 0.2) is 0 Å². The van der Waals surface area contributed by atoms with Crippen molar-refractivity contribution in [2.45, 2.75) is 70.9 Å². The molecule has 0 bridgehead atoms. The largest absolute Gasteiger partial charge is 0.444 e. The van der Waals surface area contributed by atoms with Gasteiger partial charge in [-0.3, -0.25) is 0 Å². The Morgan fingerprint density at radius 3 is 2.25 bits per heavy atom. The number of hydrogen-bond donors (Lipinski definition) is 1. The van der Waals surface area contributed by atoms with Crippen molar-refractivity contribution in [3.63, 3.8) is 0 Å². The van der Waals surface area contributed by atoms with Crippen LogP contribution in [0.3, 0.4) is 0 Å². The molecule has 2 fully saturated rings. The molecule has 2 N–H and O–H groups in total. The molecule has 4 heteroatoms. The summed E-state index contributed by atoms with van der Waals surface area (Å²) in [5.41, 5.74) is 5.88. The van der Waals surface area contributed by atoms with E-state index in [4.69, 9.17) is 10.5 Å². The third-order valence-corrected chi connectivity index (χ3v) is 4.67. The van der Waals surface area contributed by atoms with E-state index in [0.717, 1.165) is 25.9 Å². The highest BCUT2D eigenvalue weighted by molar-refractivity contribution is 5.68. The molecule has 0 spiro atoms. The molecule has 1 aliphatic heterocycles. The zero-order valence-electron chi connectivity index (χ0n) is 13.2. The molecule has 0 aromatic heterocycles. The van der Waals surface area contributed by atoms with E-state index in [1.165, 1.54) is 25.7 Å². The Bertz CT molecular complexity index is 330. The van der Waals surface area contributed by atoms with E-state index in [0.29, 0.717) is 17.9 Å². The first-order chi connectivity index (χ1) is 9.37. The van der Waals surface area contributed by atoms with E-state index in [1.54, 1.807) is 0 Å². The molecule has 2 rings (SSSR count). The maximum Gasteiger partial charge on any atom is 0.410 e. The fourth-order valence-electron chi connectivity index (χ4n) is 3.61. The first-order valence-corrected chi connectivity index (χ1v) is 8.10. The summed E-state index contributed by atoms with van der Waals surface area (Å²) in [7, 11) is 0. The lowest BCUT2D eigenvalue weighted by molar-refractivity contribution is 0.0142. The number of piperidine rings is 1. The average Bonchev–Trinajstić information content (AvgIpc) is 2.37. The van der Waals surface area contributed by atoms with Gasteiger partial charge < -0.3 is 15.4 Å². The predicted octanol–water partition coefficient (Wildman–Crippen LogP) is 3.15. The molecular weight excluding hydrogens is 252 g/mol. The molecule has 0 aromatic carbocycles. The summed E-state index contributed by atoms with van der Waals surface area (Å²) in [6.07, 6.45) is 7.06. The fourth-order valence-corrected chi connectivity index (χ4v) is 3.61. The van der Waals surface area contributed by atoms with Crippen LogP contribution in [0.2, 0.25) is 0 Å². The van der Waals surface area contributed by atoms with Gasteiger partial charge >= 0.3 is 6.09 Å². The molecule has 1 aliphatic carbocycles. The van der Waals surface area contributed by atoms with Crippen molar-refractivity contribution in [2.75, 3.05) is 13.1 Å². The molecule has 1 saturated heterocycles. The number of carbonyl (C=O) groups excluding carboxylic acids is 1. The summed E-state index contributed by atoms with van der Waals surface area (Å²) in [5.74, 6) is 1.37. The highest BCUT2D eigenvalue weighted by Crippen LogP contribution is 2.35. The number of hydrogen-bond acceptors (Lipinski definition) is 3. The van der Waals surface area contributed by atoms with Crippen molar-refractivity contribution in [1.29, 1.82) is 0 Å². The molecule has 2 atom stereocenters. The van der Waals surface area contributed by atoms with Crippen molar-refractivity contribution in [2.24, 2.45) is 17.6 Å². The van der Waals surface area contributed by atoms with Crippen LogP contribution < -0.4 is 5.73 Å². The topological polar surface area (TPSA) is 55.6 Å². The molecule has 20 heavy (non-hydrogen) atoms. The molecule has 1 heterocycles. The van der Waals surface area contributed by atoms with Gasteiger partial charge in [-0.15, -0.1) is 0 Å². The van der Waals surface area contributed by atoms with Crippen molar-refractivity contribution in [3.05, 3.63) is 0 Å². The van der Waals surface area contributed by atoms with Crippen molar-refractivity contribution in [3.8, 4) is 0 Å². The second-order valence-corrected chi connectivity index (χ2v) is 7.42. The van der Waals surface area contributed by atoms with E-state index in [9.17, 15) is 4.79 Å². The minimum atomic E-state index is -0.403. The van der Waals surface area contributed by atoms with Gasteiger partial charge in [0.1, 0.15) is 5.60 Å². The van der Waals surface area contributed by atoms with Gasteiger partial charge in [0.25, 0.3) is 0 Å². The molecule has 1 saturated carbocycles. The Morgan fingerprint density at radius 1 is 1.10 bits per heavy atom. The molecule has 116 valence electrons. The number of ether oxygens (including phenoxy) is 1. The summed E-state index contributed by atoms with van der Waals surface area (Å²) in [6, 6.07) is 0.377. The number of carbonyl (C=O) groups is 1. The van der Waals surface area contributed by atoms with Gasteiger partial charge in [0.05, 0.1) is 0 Å². The highest BCUT2D eigenvalue weighted by atomic mass is 16.6. The zero-order chi connectivity index (χ0) is 14.8. The van der Waals surface area contributed by atoms with Gasteiger partial charge in [-0.2, -0.15) is 0 Å². The normalized spacial score (nSPS) is 29.3. The maximum absolute atomic E-state index is 12.0. The van der Waals surface area contributed by atoms with E-state index in [-0.39, 0.29) is 6.09 Å². The SMILES string of the molecule is CC(C)(C)OC(=O)N1CCC([C@H]2CCCC[C@@H]2N)CC1. The smallest absolute Gasteiger partial charge is 0.410 e. The summed E-state index contributed by atoms with van der Waals surface area (Å²) < 4.78 is 5.44. The molecule has 2 aliphatic rings. The Morgan fingerprint density at radius 2 is 1.70 bits per heavy atom. The summed E-state index contributed by atoms with van der Waals surface area (Å²) in [5, 5.41) is 0. The maximum atomic E-state index is 12.0. The first kappa shape index (κ1) is 15.6. The minimum absolute atomic E-state index is 0.163. The fraction of sp³-hybridized carbons (Fsp3) is 0.938. The third-order valence-electron chi connectivity index (χ3n) is 4.67. The van der Waals surface area contributed by atoms with E-state index < -0.39 is 5.60 Å². The van der Waals surface area contributed by atoms with E-state index >= 15 is 0 Å². The van der Waals surface area contributed by atoms with Gasteiger partial charge in [0.15, 0.2) is 0 Å². The van der Waals surface area contributed by atoms with E-state index in [2.05, 4.69) is 0 Å². The molecule has 0 radical (unpaired) electrons. The first-order valence-electron chi connectivity index (χ1n) is 8.10. The second-order valence-electron chi connectivity index (χ2n) is 7.42. The Kier molecular flexibility index (Phi) is 4.95. The molecule has 4 nitrogen and oxygen atoms in total. The molecular formula is C16H30N2O2. The van der Waals surface area contributed by atoms with Crippen LogP contribution in [-0.2, 0) is 4.74 Å². The Balaban J connectivity index is 1.81. The van der Waals surface area contributed by atoms with Gasteiger partial charge in [-0.25, -0.2) is 4.79 Å². The second kappa shape index (κ2) is 6.33. The monoisotopic (exact) mass is 282 g/mol. The van der Waals surface area contributed by atoms with Crippen LogP contribution in [0.1, 0.15) is 59.3 Å². The van der Waals surface area contributed by atoms with Crippen LogP contribution >= 0.6 is 0 Å². The Labute approximate surface area is 123 Å². The van der Waals surface area contributed by atoms with Gasteiger partial charge in [0, 0.05) is 19.1 Å². The van der Waals surface area contributed by atoms with Crippen molar-refractivity contribution < 1.29 is 9.53 Å². The van der Waals surface area contributed by atoms with Crippen LogP contribution in [-0.4, -0.2) is 35.7 Å². The molecule has 0 aromatic rings. The van der Waals surface area contributed by atoms with Gasteiger partial charge in [-0.1, -0.05) is 12.8 Å². The lowest BCUT2D eigenvalue weighted by Gasteiger charge is -2.40. The number of nitrogens with zero attached hydrogens (tertiary/aromatic N) is 1. The minimum Gasteiger partial charge on any atom is -0.444 e. The standard InChI is InChI=1S/C16H30N2O2/c1-16(2,3)20-15(19)18-10-8-12(9-11-18)13-6-4-5-7-14(13)17/h12-14H,4-11,17H2,1-3H3/t13-,14+/m1/s1. The predicted molar refractivity (Wildman–Crippen MR) is 80.5 cm³/mol. The van der Waals surface area contributed by atoms with Crippen LogP contribution in [0, 0.1) is 11.8 Å². The number of nitrogens with two attached hydrogens (primary N) is 1. The zero-order valence-corrected chi connectivity index (χ0v) is 13.2. The highest BCUT2D eigenvalue weighted by Gasteiger charge is 2.34. The Hall–Kier alpha value is -0.770. The van der Waals surface area contributed by atoms with Gasteiger partial charge in [0.2, 0.25) is 0 Å². The number of rotatable bonds is 1.